The summed E-state index contributed by atoms with van der Waals surface area (Å²) in [6.45, 7) is -2.89. The highest BCUT2D eigenvalue weighted by atomic mass is 19.3. The van der Waals surface area contributed by atoms with Gasteiger partial charge in [0.25, 0.3) is 0 Å². The van der Waals surface area contributed by atoms with Crippen molar-refractivity contribution in [1.82, 2.24) is 5.32 Å². The summed E-state index contributed by atoms with van der Waals surface area (Å²) < 4.78 is 29.0. The number of carboxylic acid groups (broad SMARTS) is 1. The van der Waals surface area contributed by atoms with Crippen molar-refractivity contribution in [3.8, 4) is 16.9 Å². The minimum atomic E-state index is -2.89. The summed E-state index contributed by atoms with van der Waals surface area (Å²) >= 11 is 0. The van der Waals surface area contributed by atoms with Crippen LogP contribution in [0.4, 0.5) is 13.6 Å². The van der Waals surface area contributed by atoms with Crippen molar-refractivity contribution in [3.05, 3.63) is 53.6 Å². The molecule has 1 spiro atoms. The Bertz CT molecular complexity index is 925. The number of carbonyl (C=O) groups excluding carboxylic acids is 1. The van der Waals surface area contributed by atoms with E-state index in [9.17, 15) is 23.5 Å². The summed E-state index contributed by atoms with van der Waals surface area (Å²) in [5.41, 5.74) is 1.53. The summed E-state index contributed by atoms with van der Waals surface area (Å²) in [5.74, 6) is 0.0587. The van der Waals surface area contributed by atoms with Crippen LogP contribution in [0.25, 0.3) is 11.1 Å². The first-order valence-corrected chi connectivity index (χ1v) is 9.05. The first-order chi connectivity index (χ1) is 13.4. The normalized spacial score (nSPS) is 21.8. The molecule has 2 N–H and O–H groups in total. The maximum Gasteiger partial charge on any atom is 0.405 e. The number of amides is 1. The molecule has 0 aliphatic heterocycles. The molecule has 0 aromatic heterocycles. The van der Waals surface area contributed by atoms with Gasteiger partial charge in [-0.05, 0) is 66.1 Å². The number of carbonyl (C=O) groups is 2. The van der Waals surface area contributed by atoms with Gasteiger partial charge in [0.15, 0.2) is 6.29 Å². The Morgan fingerprint density at radius 3 is 2.36 bits per heavy atom. The predicted octanol–water partition coefficient (Wildman–Crippen LogP) is 4.34. The molecule has 2 aliphatic rings. The van der Waals surface area contributed by atoms with Crippen molar-refractivity contribution in [2.75, 3.05) is 0 Å². The Morgan fingerprint density at radius 2 is 1.79 bits per heavy atom. The highest BCUT2D eigenvalue weighted by Gasteiger charge is 2.63. The van der Waals surface area contributed by atoms with Gasteiger partial charge in [-0.25, -0.2) is 4.79 Å². The zero-order valence-electron chi connectivity index (χ0n) is 15.0. The molecule has 2 aromatic carbocycles. The number of alkyl halides is 2. The van der Waals surface area contributed by atoms with Crippen molar-refractivity contribution < 1.29 is 28.2 Å². The molecule has 146 valence electrons. The molecular formula is C21H19F2NO4. The van der Waals surface area contributed by atoms with Crippen LogP contribution in [0, 0.1) is 5.41 Å². The molecule has 0 unspecified atom stereocenters. The van der Waals surface area contributed by atoms with Gasteiger partial charge in [0.1, 0.15) is 11.3 Å². The topological polar surface area (TPSA) is 75.6 Å². The summed E-state index contributed by atoms with van der Waals surface area (Å²) in [6, 6.07) is 11.8. The maximum atomic E-state index is 12.3. The number of aldehydes is 1. The Labute approximate surface area is 160 Å². The average Bonchev–Trinajstić information content (AvgIpc) is 3.45. The van der Waals surface area contributed by atoms with Crippen molar-refractivity contribution in [3.63, 3.8) is 0 Å². The van der Waals surface area contributed by atoms with Crippen molar-refractivity contribution >= 4 is 12.4 Å². The largest absolute Gasteiger partial charge is 0.465 e. The first-order valence-electron chi connectivity index (χ1n) is 9.05. The van der Waals surface area contributed by atoms with Gasteiger partial charge in [-0.15, -0.1) is 0 Å². The zero-order chi connectivity index (χ0) is 19.9. The number of fused-ring (bicyclic) bond motifs is 1. The van der Waals surface area contributed by atoms with Gasteiger partial charge in [0.2, 0.25) is 0 Å². The molecule has 2 aliphatic carbocycles. The van der Waals surface area contributed by atoms with Gasteiger partial charge >= 0.3 is 12.7 Å². The zero-order valence-corrected chi connectivity index (χ0v) is 15.0. The molecule has 1 saturated carbocycles. The highest BCUT2D eigenvalue weighted by Crippen LogP contribution is 2.63. The summed E-state index contributed by atoms with van der Waals surface area (Å²) in [7, 11) is 0. The monoisotopic (exact) mass is 387 g/mol. The molecule has 2 aromatic rings. The van der Waals surface area contributed by atoms with Crippen molar-refractivity contribution in [2.24, 2.45) is 5.41 Å². The second-order valence-electron chi connectivity index (χ2n) is 7.41. The number of aryl methyl sites for hydroxylation is 1. The molecule has 1 atom stereocenters. The third kappa shape index (κ3) is 2.91. The van der Waals surface area contributed by atoms with Gasteiger partial charge < -0.3 is 20.0 Å². The van der Waals surface area contributed by atoms with Gasteiger partial charge in [-0.1, -0.05) is 24.3 Å². The van der Waals surface area contributed by atoms with Crippen LogP contribution in [-0.2, 0) is 16.8 Å². The van der Waals surface area contributed by atoms with E-state index in [0.717, 1.165) is 48.7 Å². The quantitative estimate of drug-likeness (QED) is 0.749. The molecule has 7 heteroatoms. The fraction of sp³-hybridized carbons (Fsp3) is 0.333. The lowest BCUT2D eigenvalue weighted by Gasteiger charge is -2.42. The molecule has 28 heavy (non-hydrogen) atoms. The minimum absolute atomic E-state index is 0.0587. The predicted molar refractivity (Wildman–Crippen MR) is 97.4 cm³/mol. The Balaban J connectivity index is 1.76. The van der Waals surface area contributed by atoms with E-state index < -0.39 is 18.2 Å². The minimum Gasteiger partial charge on any atom is -0.465 e. The van der Waals surface area contributed by atoms with Crippen LogP contribution in [0.3, 0.4) is 0 Å². The molecule has 4 rings (SSSR count). The van der Waals surface area contributed by atoms with Crippen molar-refractivity contribution in [2.45, 2.75) is 37.8 Å². The van der Waals surface area contributed by atoms with E-state index in [1.807, 2.05) is 18.2 Å². The van der Waals surface area contributed by atoms with Crippen LogP contribution in [0.5, 0.6) is 5.75 Å². The molecule has 0 heterocycles. The standard InChI is InChI=1S/C21H19F2NO4/c22-18(23)28-16-5-3-13(4-6-16)15-2-1-14-7-8-20(9-10-20)21(12-25,17(14)11-15)24-19(26)27/h1-6,11-12,18,24H,7-10H2,(H,26,27)/t21-/m1/s1. The van der Waals surface area contributed by atoms with Crippen LogP contribution >= 0.6 is 0 Å². The molecular weight excluding hydrogens is 368 g/mol. The fourth-order valence-corrected chi connectivity index (χ4v) is 4.41. The van der Waals surface area contributed by atoms with E-state index in [1.54, 1.807) is 12.1 Å². The molecule has 1 fully saturated rings. The fourth-order valence-electron chi connectivity index (χ4n) is 4.41. The van der Waals surface area contributed by atoms with E-state index in [0.29, 0.717) is 5.56 Å². The smallest absolute Gasteiger partial charge is 0.405 e. The molecule has 1 amide bonds. The molecule has 0 saturated heterocycles. The Kier molecular flexibility index (Phi) is 4.33. The van der Waals surface area contributed by atoms with Crippen LogP contribution in [0.15, 0.2) is 42.5 Å². The number of nitrogens with one attached hydrogen (secondary N) is 1. The number of halogens is 2. The van der Waals surface area contributed by atoms with Crippen LogP contribution < -0.4 is 10.1 Å². The molecule has 0 bridgehead atoms. The SMILES string of the molecule is O=C[C@@]1(NC(=O)O)c2cc(-c3ccc(OC(F)F)cc3)ccc2CCC12CC2. The lowest BCUT2D eigenvalue weighted by atomic mass is 9.66. The number of rotatable bonds is 5. The summed E-state index contributed by atoms with van der Waals surface area (Å²) in [4.78, 5) is 23.7. The number of hydrogen-bond donors (Lipinski definition) is 2. The summed E-state index contributed by atoms with van der Waals surface area (Å²) in [5, 5.41) is 11.9. The highest BCUT2D eigenvalue weighted by molar-refractivity contribution is 5.81. The Hall–Kier alpha value is -2.96. The van der Waals surface area contributed by atoms with E-state index in [-0.39, 0.29) is 11.2 Å². The van der Waals surface area contributed by atoms with Gasteiger partial charge in [0, 0.05) is 5.41 Å². The first kappa shape index (κ1) is 18.4. The van der Waals surface area contributed by atoms with Gasteiger partial charge in [-0.3, -0.25) is 0 Å². The van der Waals surface area contributed by atoms with E-state index in [1.165, 1.54) is 12.1 Å². The third-order valence-electron chi connectivity index (χ3n) is 5.99. The van der Waals surface area contributed by atoms with E-state index >= 15 is 0 Å². The Morgan fingerprint density at radius 1 is 1.11 bits per heavy atom. The van der Waals surface area contributed by atoms with Crippen LogP contribution in [-0.4, -0.2) is 24.1 Å². The number of hydrogen-bond acceptors (Lipinski definition) is 3. The van der Waals surface area contributed by atoms with E-state index in [2.05, 4.69) is 10.1 Å². The van der Waals surface area contributed by atoms with E-state index in [4.69, 9.17) is 0 Å². The van der Waals surface area contributed by atoms with Crippen molar-refractivity contribution in [1.29, 1.82) is 0 Å². The second kappa shape index (κ2) is 6.58. The number of ether oxygens (including phenoxy) is 1. The second-order valence-corrected chi connectivity index (χ2v) is 7.41. The maximum absolute atomic E-state index is 12.3. The average molecular weight is 387 g/mol. The molecule has 5 nitrogen and oxygen atoms in total. The number of benzene rings is 2. The lowest BCUT2D eigenvalue weighted by Crippen LogP contribution is -2.55. The van der Waals surface area contributed by atoms with Gasteiger partial charge in [-0.2, -0.15) is 8.78 Å². The molecule has 0 radical (unpaired) electrons. The lowest BCUT2D eigenvalue weighted by molar-refractivity contribution is -0.116. The third-order valence-corrected chi connectivity index (χ3v) is 5.99. The van der Waals surface area contributed by atoms with Crippen LogP contribution in [0.1, 0.15) is 30.4 Å². The summed E-state index contributed by atoms with van der Waals surface area (Å²) in [6.07, 6.45) is 2.65. The van der Waals surface area contributed by atoms with Crippen LogP contribution in [0.2, 0.25) is 0 Å². The van der Waals surface area contributed by atoms with Gasteiger partial charge in [0.05, 0.1) is 0 Å².